The fraction of sp³-hybridized carbons (Fsp3) is 0.400. The molecule has 0 aliphatic heterocycles. The summed E-state index contributed by atoms with van der Waals surface area (Å²) in [4.78, 5) is 14.8. The minimum absolute atomic E-state index is 0.0398. The van der Waals surface area contributed by atoms with E-state index in [2.05, 4.69) is 15.6 Å². The molecule has 0 unspecified atom stereocenters. The summed E-state index contributed by atoms with van der Waals surface area (Å²) in [6.07, 6.45) is 0. The number of nitrogens with zero attached hydrogens (tertiary/aromatic N) is 1. The highest BCUT2D eigenvalue weighted by atomic mass is 16.1. The molecule has 0 fully saturated rings. The van der Waals surface area contributed by atoms with Gasteiger partial charge in [0.2, 0.25) is 5.91 Å². The first-order valence-corrected chi connectivity index (χ1v) is 4.81. The Morgan fingerprint density at radius 1 is 1.47 bits per heavy atom. The molecule has 1 aromatic heterocycles. The van der Waals surface area contributed by atoms with Crippen molar-refractivity contribution < 1.29 is 4.79 Å². The highest BCUT2D eigenvalue weighted by Crippen LogP contribution is 2.14. The van der Waals surface area contributed by atoms with Crippen molar-refractivity contribution in [2.45, 2.75) is 13.8 Å². The highest BCUT2D eigenvalue weighted by molar-refractivity contribution is 5.72. The summed E-state index contributed by atoms with van der Waals surface area (Å²) in [5.41, 5.74) is 7.24. The SMILES string of the molecule is CC(=O)NCCNc1nc(C)ccc1N. The van der Waals surface area contributed by atoms with E-state index in [-0.39, 0.29) is 5.91 Å². The molecule has 0 aliphatic rings. The summed E-state index contributed by atoms with van der Waals surface area (Å²) < 4.78 is 0. The Morgan fingerprint density at radius 2 is 2.20 bits per heavy atom. The smallest absolute Gasteiger partial charge is 0.216 e. The molecule has 0 aliphatic carbocycles. The van der Waals surface area contributed by atoms with Gasteiger partial charge in [0.05, 0.1) is 5.69 Å². The van der Waals surface area contributed by atoms with Crippen molar-refractivity contribution >= 4 is 17.4 Å². The predicted octanol–water partition coefficient (Wildman–Crippen LogP) is 0.520. The van der Waals surface area contributed by atoms with Gasteiger partial charge in [-0.05, 0) is 19.1 Å². The van der Waals surface area contributed by atoms with E-state index in [0.29, 0.717) is 24.6 Å². The van der Waals surface area contributed by atoms with Crippen LogP contribution in [-0.2, 0) is 4.79 Å². The molecule has 15 heavy (non-hydrogen) atoms. The van der Waals surface area contributed by atoms with Gasteiger partial charge in [-0.15, -0.1) is 0 Å². The molecule has 0 spiro atoms. The van der Waals surface area contributed by atoms with Crippen LogP contribution in [0.3, 0.4) is 0 Å². The molecule has 5 heteroatoms. The summed E-state index contributed by atoms with van der Waals surface area (Å²) >= 11 is 0. The topological polar surface area (TPSA) is 80.0 Å². The van der Waals surface area contributed by atoms with Crippen molar-refractivity contribution in [3.8, 4) is 0 Å². The van der Waals surface area contributed by atoms with Crippen LogP contribution in [0.2, 0.25) is 0 Å². The third kappa shape index (κ3) is 3.84. The Morgan fingerprint density at radius 3 is 2.87 bits per heavy atom. The van der Waals surface area contributed by atoms with E-state index < -0.39 is 0 Å². The zero-order valence-electron chi connectivity index (χ0n) is 9.00. The van der Waals surface area contributed by atoms with Crippen molar-refractivity contribution in [2.75, 3.05) is 24.1 Å². The summed E-state index contributed by atoms with van der Waals surface area (Å²) in [6, 6.07) is 3.66. The molecule has 0 saturated heterocycles. The van der Waals surface area contributed by atoms with Gasteiger partial charge >= 0.3 is 0 Å². The number of hydrogen-bond acceptors (Lipinski definition) is 4. The number of rotatable bonds is 4. The number of hydrogen-bond donors (Lipinski definition) is 3. The molecule has 0 aromatic carbocycles. The Bertz CT molecular complexity index is 351. The largest absolute Gasteiger partial charge is 0.396 e. The molecule has 0 radical (unpaired) electrons. The molecule has 0 saturated carbocycles. The number of carbonyl (C=O) groups excluding carboxylic acids is 1. The molecule has 0 bridgehead atoms. The van der Waals surface area contributed by atoms with Crippen LogP contribution in [-0.4, -0.2) is 24.0 Å². The number of aryl methyl sites for hydroxylation is 1. The highest BCUT2D eigenvalue weighted by Gasteiger charge is 1.99. The maximum Gasteiger partial charge on any atom is 0.216 e. The summed E-state index contributed by atoms with van der Waals surface area (Å²) in [5.74, 6) is 0.627. The zero-order chi connectivity index (χ0) is 11.3. The number of nitrogens with one attached hydrogen (secondary N) is 2. The monoisotopic (exact) mass is 208 g/mol. The molecule has 1 rings (SSSR count). The number of pyridine rings is 1. The van der Waals surface area contributed by atoms with Crippen LogP contribution in [0.1, 0.15) is 12.6 Å². The van der Waals surface area contributed by atoms with Gasteiger partial charge in [-0.25, -0.2) is 4.98 Å². The molecule has 5 nitrogen and oxygen atoms in total. The Balaban J connectivity index is 2.43. The van der Waals surface area contributed by atoms with Gasteiger partial charge in [-0.2, -0.15) is 0 Å². The third-order valence-corrected chi connectivity index (χ3v) is 1.86. The van der Waals surface area contributed by atoms with E-state index in [1.165, 1.54) is 6.92 Å². The molecule has 1 aromatic rings. The molecule has 1 heterocycles. The molecular formula is C10H16N4O. The fourth-order valence-electron chi connectivity index (χ4n) is 1.13. The maximum absolute atomic E-state index is 10.6. The average Bonchev–Trinajstić information content (AvgIpc) is 2.17. The van der Waals surface area contributed by atoms with Crippen molar-refractivity contribution in [1.82, 2.24) is 10.3 Å². The van der Waals surface area contributed by atoms with Crippen molar-refractivity contribution in [1.29, 1.82) is 0 Å². The van der Waals surface area contributed by atoms with E-state index in [9.17, 15) is 4.79 Å². The lowest BCUT2D eigenvalue weighted by Gasteiger charge is -2.08. The fourth-order valence-corrected chi connectivity index (χ4v) is 1.13. The lowest BCUT2D eigenvalue weighted by molar-refractivity contribution is -0.118. The first-order chi connectivity index (χ1) is 7.09. The number of amides is 1. The lowest BCUT2D eigenvalue weighted by Crippen LogP contribution is -2.26. The normalized spacial score (nSPS) is 9.73. The minimum atomic E-state index is -0.0398. The molecule has 82 valence electrons. The van der Waals surface area contributed by atoms with Gasteiger partial charge in [-0.3, -0.25) is 4.79 Å². The first kappa shape index (κ1) is 11.3. The first-order valence-electron chi connectivity index (χ1n) is 4.81. The van der Waals surface area contributed by atoms with Crippen LogP contribution in [0.25, 0.3) is 0 Å². The average molecular weight is 208 g/mol. The summed E-state index contributed by atoms with van der Waals surface area (Å²) in [5, 5.41) is 5.74. The number of carbonyl (C=O) groups is 1. The van der Waals surface area contributed by atoms with Gasteiger partial charge in [0.1, 0.15) is 5.82 Å². The van der Waals surface area contributed by atoms with Crippen LogP contribution in [0.4, 0.5) is 11.5 Å². The predicted molar refractivity (Wildman–Crippen MR) is 60.6 cm³/mol. The Labute approximate surface area is 89.1 Å². The van der Waals surface area contributed by atoms with Gasteiger partial charge in [0.25, 0.3) is 0 Å². The summed E-state index contributed by atoms with van der Waals surface area (Å²) in [6.45, 7) is 4.56. The lowest BCUT2D eigenvalue weighted by atomic mass is 10.3. The number of anilines is 2. The third-order valence-electron chi connectivity index (χ3n) is 1.86. The molecule has 1 amide bonds. The number of nitrogens with two attached hydrogens (primary N) is 1. The second-order valence-electron chi connectivity index (χ2n) is 3.30. The Hall–Kier alpha value is -1.78. The van der Waals surface area contributed by atoms with E-state index in [4.69, 9.17) is 5.73 Å². The zero-order valence-corrected chi connectivity index (χ0v) is 9.00. The van der Waals surface area contributed by atoms with Crippen LogP contribution in [0.15, 0.2) is 12.1 Å². The van der Waals surface area contributed by atoms with Gasteiger partial charge in [0.15, 0.2) is 0 Å². The number of nitrogen functional groups attached to an aromatic ring is 1. The van der Waals surface area contributed by atoms with E-state index in [1.54, 1.807) is 0 Å². The standard InChI is InChI=1S/C10H16N4O/c1-7-3-4-9(11)10(14-7)13-6-5-12-8(2)15/h3-4H,5-6,11H2,1-2H3,(H,12,15)(H,13,14). The van der Waals surface area contributed by atoms with Crippen LogP contribution >= 0.6 is 0 Å². The maximum atomic E-state index is 10.6. The van der Waals surface area contributed by atoms with E-state index in [0.717, 1.165) is 5.69 Å². The second kappa shape index (κ2) is 5.19. The molecule has 4 N–H and O–H groups in total. The van der Waals surface area contributed by atoms with Gasteiger partial charge in [-0.1, -0.05) is 0 Å². The van der Waals surface area contributed by atoms with Gasteiger partial charge < -0.3 is 16.4 Å². The van der Waals surface area contributed by atoms with Crippen LogP contribution in [0.5, 0.6) is 0 Å². The van der Waals surface area contributed by atoms with Crippen LogP contribution in [0, 0.1) is 6.92 Å². The van der Waals surface area contributed by atoms with E-state index >= 15 is 0 Å². The molecular weight excluding hydrogens is 192 g/mol. The minimum Gasteiger partial charge on any atom is -0.396 e. The second-order valence-corrected chi connectivity index (χ2v) is 3.30. The van der Waals surface area contributed by atoms with Crippen molar-refractivity contribution in [3.63, 3.8) is 0 Å². The van der Waals surface area contributed by atoms with Crippen LogP contribution < -0.4 is 16.4 Å². The van der Waals surface area contributed by atoms with E-state index in [1.807, 2.05) is 19.1 Å². The Kier molecular flexibility index (Phi) is 3.91. The van der Waals surface area contributed by atoms with Crippen molar-refractivity contribution in [3.05, 3.63) is 17.8 Å². The quantitative estimate of drug-likeness (QED) is 0.630. The number of aromatic nitrogens is 1. The summed E-state index contributed by atoms with van der Waals surface area (Å²) in [7, 11) is 0. The molecule has 0 atom stereocenters. The van der Waals surface area contributed by atoms with Gasteiger partial charge in [0, 0.05) is 25.7 Å². The van der Waals surface area contributed by atoms with Crippen molar-refractivity contribution in [2.24, 2.45) is 0 Å².